The molecule has 5 aliphatic rings. The second-order valence-corrected chi connectivity index (χ2v) is 20.2. The Hall–Kier alpha value is -4.18. The number of nitrogens with zero attached hydrogens (tertiary/aromatic N) is 1. The van der Waals surface area contributed by atoms with Crippen molar-refractivity contribution >= 4 is 30.7 Å². The molecule has 14 nitrogen and oxygen atoms in total. The molecule has 8 atom stereocenters. The first-order chi connectivity index (χ1) is 31.6. The minimum atomic E-state index is -1.10. The molecule has 2 aliphatic heterocycles. The van der Waals surface area contributed by atoms with Gasteiger partial charge in [0.15, 0.2) is 0 Å². The monoisotopic (exact) mass is 915 g/mol. The molecule has 4 fully saturated rings. The highest BCUT2D eigenvalue weighted by Gasteiger charge is 2.68. The first-order valence-electron chi connectivity index (χ1n) is 25.1. The minimum Gasteiger partial charge on any atom is -0.492 e. The second-order valence-electron chi connectivity index (χ2n) is 20.2. The number of benzene rings is 2. The van der Waals surface area contributed by atoms with Crippen molar-refractivity contribution in [1.82, 2.24) is 20.9 Å². The molecule has 0 aromatic heterocycles. The molecule has 6 bridgehead atoms. The molecule has 2 aromatic carbocycles. The number of hydrogen-bond donors (Lipinski definition) is 5. The minimum absolute atomic E-state index is 0.0597. The van der Waals surface area contributed by atoms with Crippen molar-refractivity contribution in [2.45, 2.75) is 174 Å². The summed E-state index contributed by atoms with van der Waals surface area (Å²) in [5.41, 5.74) is 14.0. The summed E-state index contributed by atoms with van der Waals surface area (Å²) in [6, 6.07) is 7.75. The number of ether oxygens (including phenoxy) is 2. The lowest BCUT2D eigenvalue weighted by molar-refractivity contribution is -0.199. The largest absolute Gasteiger partial charge is 0.492 e. The second kappa shape index (κ2) is 23.2. The van der Waals surface area contributed by atoms with Crippen LogP contribution in [0, 0.1) is 17.3 Å². The van der Waals surface area contributed by atoms with Crippen molar-refractivity contribution in [2.24, 2.45) is 28.7 Å². The predicted molar refractivity (Wildman–Crippen MR) is 259 cm³/mol. The van der Waals surface area contributed by atoms with E-state index in [0.29, 0.717) is 46.4 Å². The fourth-order valence-corrected chi connectivity index (χ4v) is 10.9. The topological polar surface area (TPSA) is 197 Å². The third-order valence-electron chi connectivity index (χ3n) is 15.0. The molecule has 1 saturated heterocycles. The molecule has 15 heteroatoms. The van der Waals surface area contributed by atoms with E-state index >= 15 is 0 Å². The van der Waals surface area contributed by atoms with Crippen LogP contribution in [0.5, 0.6) is 11.5 Å². The predicted octanol–water partition coefficient (Wildman–Crippen LogP) is 6.55. The van der Waals surface area contributed by atoms with Crippen LogP contribution in [0.4, 0.5) is 0 Å². The normalized spacial score (nSPS) is 25.9. The molecule has 364 valence electrons. The lowest BCUT2D eigenvalue weighted by atomic mass is 9.43. The van der Waals surface area contributed by atoms with E-state index < -0.39 is 54.5 Å². The van der Waals surface area contributed by atoms with Crippen LogP contribution < -0.4 is 36.9 Å². The fraction of sp³-hybridized carbons (Fsp3) is 0.686. The Morgan fingerprint density at radius 2 is 1.47 bits per heavy atom. The lowest BCUT2D eigenvalue weighted by Crippen LogP contribution is -2.65. The third kappa shape index (κ3) is 11.9. The van der Waals surface area contributed by atoms with Gasteiger partial charge in [-0.05, 0) is 92.7 Å². The summed E-state index contributed by atoms with van der Waals surface area (Å²) in [6.45, 7) is 13.4. The number of unbranched alkanes of at least 4 members (excludes halogenated alkanes) is 10. The molecular formula is C51H79BN6O8. The van der Waals surface area contributed by atoms with E-state index in [0.717, 1.165) is 37.7 Å². The number of amides is 4. The molecule has 0 spiro atoms. The quantitative estimate of drug-likeness (QED) is 0.0639. The maximum absolute atomic E-state index is 14.5. The van der Waals surface area contributed by atoms with E-state index in [1.807, 2.05) is 31.2 Å². The summed E-state index contributed by atoms with van der Waals surface area (Å²) in [5.74, 6) is -0.297. The Labute approximate surface area is 394 Å². The number of fused-ring (bicyclic) bond motifs is 5. The lowest BCUT2D eigenvalue weighted by Gasteiger charge is -2.64. The highest BCUT2D eigenvalue weighted by Crippen LogP contribution is 2.65. The van der Waals surface area contributed by atoms with Gasteiger partial charge in [0.2, 0.25) is 23.6 Å². The van der Waals surface area contributed by atoms with Crippen LogP contribution in [0.2, 0.25) is 0 Å². The van der Waals surface area contributed by atoms with Crippen LogP contribution in [0.1, 0.15) is 149 Å². The Balaban J connectivity index is 1.24. The van der Waals surface area contributed by atoms with Gasteiger partial charge < -0.3 is 51.1 Å². The molecule has 3 saturated carbocycles. The molecule has 7 rings (SSSR count). The number of likely N-dealkylation sites (N-methyl/N-ethyl adjacent to an activating group) is 1. The summed E-state index contributed by atoms with van der Waals surface area (Å²) < 4.78 is 25.6. The van der Waals surface area contributed by atoms with E-state index in [4.69, 9.17) is 30.2 Å². The van der Waals surface area contributed by atoms with Gasteiger partial charge in [-0.15, -0.1) is 0 Å². The van der Waals surface area contributed by atoms with Gasteiger partial charge in [0.1, 0.15) is 42.8 Å². The van der Waals surface area contributed by atoms with Crippen LogP contribution in [-0.4, -0.2) is 98.7 Å². The average Bonchev–Trinajstić information content (AvgIpc) is 3.66. The van der Waals surface area contributed by atoms with Gasteiger partial charge in [-0.3, -0.25) is 19.2 Å². The van der Waals surface area contributed by atoms with E-state index in [-0.39, 0.29) is 56.6 Å². The van der Waals surface area contributed by atoms with E-state index in [1.165, 1.54) is 49.8 Å². The summed E-state index contributed by atoms with van der Waals surface area (Å²) in [6.07, 6.45) is 15.1. The molecule has 8 unspecified atom stereocenters. The Bertz CT molecular complexity index is 1980. The number of rotatable bonds is 22. The summed E-state index contributed by atoms with van der Waals surface area (Å²) in [7, 11) is 0.967. The van der Waals surface area contributed by atoms with Gasteiger partial charge >= 0.3 is 7.12 Å². The van der Waals surface area contributed by atoms with Crippen molar-refractivity contribution in [3.8, 4) is 22.6 Å². The SMILES string of the molecule is CCCCCCCCCCCCCC(=O)N(C)C1C(=O)NC(C)C(=O)NC(C(=O)NC(C)B2OC3CC4CC(C4(C)C)C3(C)O2)Cc2ccc(OCCN)c(c2)-c2cc1ccc2OCCN. The van der Waals surface area contributed by atoms with Gasteiger partial charge in [-0.2, -0.15) is 0 Å². The van der Waals surface area contributed by atoms with Crippen LogP contribution >= 0.6 is 0 Å². The van der Waals surface area contributed by atoms with Crippen LogP contribution in [0.25, 0.3) is 11.1 Å². The van der Waals surface area contributed by atoms with Crippen molar-refractivity contribution in [2.75, 3.05) is 33.4 Å². The number of carbonyl (C=O) groups excluding carboxylic acids is 4. The highest BCUT2D eigenvalue weighted by atomic mass is 16.7. The van der Waals surface area contributed by atoms with E-state index in [1.54, 1.807) is 26.1 Å². The maximum atomic E-state index is 14.5. The van der Waals surface area contributed by atoms with Crippen molar-refractivity contribution in [1.29, 1.82) is 0 Å². The number of hydrogen-bond acceptors (Lipinski definition) is 10. The first kappa shape index (κ1) is 51.2. The molecule has 3 aliphatic carbocycles. The summed E-state index contributed by atoms with van der Waals surface area (Å²) in [5, 5.41) is 8.92. The Morgan fingerprint density at radius 3 is 2.09 bits per heavy atom. The van der Waals surface area contributed by atoms with Gasteiger partial charge in [-0.1, -0.05) is 97.1 Å². The van der Waals surface area contributed by atoms with Crippen LogP contribution in [-0.2, 0) is 34.9 Å². The molecular weight excluding hydrogens is 835 g/mol. The zero-order valence-corrected chi connectivity index (χ0v) is 40.9. The first-order valence-corrected chi connectivity index (χ1v) is 25.1. The molecule has 7 N–H and O–H groups in total. The van der Waals surface area contributed by atoms with Crippen molar-refractivity contribution in [3.05, 3.63) is 47.5 Å². The maximum Gasteiger partial charge on any atom is 0.481 e. The smallest absolute Gasteiger partial charge is 0.481 e. The van der Waals surface area contributed by atoms with Gasteiger partial charge in [-0.25, -0.2) is 0 Å². The van der Waals surface area contributed by atoms with Crippen LogP contribution in [0.15, 0.2) is 36.4 Å². The summed E-state index contributed by atoms with van der Waals surface area (Å²) >= 11 is 0. The molecule has 2 aromatic rings. The number of nitrogens with two attached hydrogens (primary N) is 2. The standard InChI is InChI=1S/C51H79BN6O8/c1-8-9-10-11-12-13-14-15-16-17-18-19-45(59)58(7)46-36-21-23-42(64-27-25-54)39(30-36)38-28-35(20-22-41(38)63-26-24-53)29-40(57-47(60)33(2)55-49(46)62)48(61)56-34(3)52-65-44-32-37-31-43(50(37,4)5)51(44,6)66-52/h20-23,28,30,33-34,37,40,43-44,46H,8-19,24-27,29,31-32,53-54H2,1-7H3,(H,55,62)(H,56,61)(H,57,60). The van der Waals surface area contributed by atoms with Gasteiger partial charge in [0.05, 0.1) is 17.6 Å². The molecule has 4 amide bonds. The zero-order chi connectivity index (χ0) is 47.6. The Kier molecular flexibility index (Phi) is 18.0. The number of carbonyl (C=O) groups is 4. The zero-order valence-electron chi connectivity index (χ0n) is 40.9. The average molecular weight is 915 g/mol. The van der Waals surface area contributed by atoms with Gasteiger partial charge in [0, 0.05) is 44.1 Å². The van der Waals surface area contributed by atoms with Crippen LogP contribution in [0.3, 0.4) is 0 Å². The fourth-order valence-electron chi connectivity index (χ4n) is 10.9. The van der Waals surface area contributed by atoms with Crippen molar-refractivity contribution in [3.63, 3.8) is 0 Å². The van der Waals surface area contributed by atoms with E-state index in [9.17, 15) is 19.2 Å². The summed E-state index contributed by atoms with van der Waals surface area (Å²) in [4.78, 5) is 58.4. The highest BCUT2D eigenvalue weighted by molar-refractivity contribution is 6.47. The molecule has 2 heterocycles. The van der Waals surface area contributed by atoms with Crippen molar-refractivity contribution < 1.29 is 38.0 Å². The Morgan fingerprint density at radius 1 is 0.864 bits per heavy atom. The number of nitrogens with one attached hydrogen (secondary N) is 3. The van der Waals surface area contributed by atoms with Gasteiger partial charge in [0.25, 0.3) is 0 Å². The molecule has 66 heavy (non-hydrogen) atoms. The van der Waals surface area contributed by atoms with E-state index in [2.05, 4.69) is 43.6 Å². The third-order valence-corrected chi connectivity index (χ3v) is 15.0. The molecule has 0 radical (unpaired) electrons.